The fourth-order valence-electron chi connectivity index (χ4n) is 1.89. The predicted octanol–water partition coefficient (Wildman–Crippen LogP) is 2.74. The van der Waals surface area contributed by atoms with Gasteiger partial charge in [-0.05, 0) is 36.5 Å². The first kappa shape index (κ1) is 10.5. The summed E-state index contributed by atoms with van der Waals surface area (Å²) >= 11 is 5.70. The van der Waals surface area contributed by atoms with Gasteiger partial charge in [-0.1, -0.05) is 12.1 Å². The van der Waals surface area contributed by atoms with Gasteiger partial charge in [0.25, 0.3) is 0 Å². The summed E-state index contributed by atoms with van der Waals surface area (Å²) < 4.78 is 0. The Morgan fingerprint density at radius 3 is 3.00 bits per heavy atom. The topological polar surface area (TPSA) is 29.1 Å². The van der Waals surface area contributed by atoms with Gasteiger partial charge in [0.15, 0.2) is 0 Å². The Kier molecular flexibility index (Phi) is 3.27. The van der Waals surface area contributed by atoms with Crippen molar-refractivity contribution in [3.63, 3.8) is 0 Å². The molecule has 2 nitrogen and oxygen atoms in total. The third kappa shape index (κ3) is 2.51. The highest BCUT2D eigenvalue weighted by Crippen LogP contribution is 2.23. The SMILES string of the molecule is O=C1CCCc2cc(CCCl)ccc2N1. The molecule has 0 bridgehead atoms. The van der Waals surface area contributed by atoms with E-state index in [0.717, 1.165) is 24.9 Å². The summed E-state index contributed by atoms with van der Waals surface area (Å²) in [4.78, 5) is 11.3. The Bertz CT molecular complexity index is 376. The quantitative estimate of drug-likeness (QED) is 0.768. The predicted molar refractivity (Wildman–Crippen MR) is 62.4 cm³/mol. The molecule has 0 saturated heterocycles. The van der Waals surface area contributed by atoms with Crippen LogP contribution in [0.15, 0.2) is 18.2 Å². The van der Waals surface area contributed by atoms with Crippen LogP contribution in [0.25, 0.3) is 0 Å². The molecular formula is C12H14ClNO. The molecule has 0 atom stereocenters. The molecule has 1 aromatic rings. The molecule has 15 heavy (non-hydrogen) atoms. The highest BCUT2D eigenvalue weighted by Gasteiger charge is 2.12. The zero-order chi connectivity index (χ0) is 10.7. The van der Waals surface area contributed by atoms with Crippen LogP contribution in [-0.4, -0.2) is 11.8 Å². The van der Waals surface area contributed by atoms with Gasteiger partial charge in [0.2, 0.25) is 5.91 Å². The minimum atomic E-state index is 0.124. The largest absolute Gasteiger partial charge is 0.326 e. The highest BCUT2D eigenvalue weighted by atomic mass is 35.5. The average Bonchev–Trinajstić information content (AvgIpc) is 2.39. The van der Waals surface area contributed by atoms with Crippen LogP contribution in [0, 0.1) is 0 Å². The second-order valence-electron chi connectivity index (χ2n) is 3.83. The molecule has 1 N–H and O–H groups in total. The number of hydrogen-bond acceptors (Lipinski definition) is 1. The molecule has 0 aromatic heterocycles. The van der Waals surface area contributed by atoms with Crippen molar-refractivity contribution in [3.05, 3.63) is 29.3 Å². The zero-order valence-electron chi connectivity index (χ0n) is 8.55. The van der Waals surface area contributed by atoms with Gasteiger partial charge in [-0.15, -0.1) is 11.6 Å². The van der Waals surface area contributed by atoms with Gasteiger partial charge in [0.1, 0.15) is 0 Å². The van der Waals surface area contributed by atoms with Crippen LogP contribution >= 0.6 is 11.6 Å². The van der Waals surface area contributed by atoms with E-state index >= 15 is 0 Å². The molecule has 0 aliphatic carbocycles. The van der Waals surface area contributed by atoms with E-state index in [1.54, 1.807) is 0 Å². The Morgan fingerprint density at radius 2 is 2.20 bits per heavy atom. The molecule has 1 heterocycles. The van der Waals surface area contributed by atoms with E-state index in [4.69, 9.17) is 11.6 Å². The number of nitrogens with one attached hydrogen (secondary N) is 1. The van der Waals surface area contributed by atoms with Crippen LogP contribution < -0.4 is 5.32 Å². The molecule has 80 valence electrons. The summed E-state index contributed by atoms with van der Waals surface area (Å²) in [5.74, 6) is 0.768. The highest BCUT2D eigenvalue weighted by molar-refractivity contribution is 6.18. The van der Waals surface area contributed by atoms with Crippen LogP contribution in [0.2, 0.25) is 0 Å². The molecule has 0 fully saturated rings. The van der Waals surface area contributed by atoms with E-state index in [1.165, 1.54) is 11.1 Å². The minimum absolute atomic E-state index is 0.124. The minimum Gasteiger partial charge on any atom is -0.326 e. The number of carbonyl (C=O) groups is 1. The van der Waals surface area contributed by atoms with E-state index in [1.807, 2.05) is 12.1 Å². The number of amides is 1. The van der Waals surface area contributed by atoms with E-state index in [0.29, 0.717) is 12.3 Å². The van der Waals surface area contributed by atoms with Crippen molar-refractivity contribution in [2.45, 2.75) is 25.7 Å². The zero-order valence-corrected chi connectivity index (χ0v) is 9.31. The number of anilines is 1. The number of benzene rings is 1. The Morgan fingerprint density at radius 1 is 1.33 bits per heavy atom. The number of fused-ring (bicyclic) bond motifs is 1. The Balaban J connectivity index is 2.27. The Labute approximate surface area is 94.6 Å². The normalized spacial score (nSPS) is 15.4. The third-order valence-corrected chi connectivity index (χ3v) is 2.87. The maximum Gasteiger partial charge on any atom is 0.224 e. The molecule has 1 aliphatic heterocycles. The van der Waals surface area contributed by atoms with Crippen molar-refractivity contribution < 1.29 is 4.79 Å². The smallest absolute Gasteiger partial charge is 0.224 e. The molecule has 0 spiro atoms. The summed E-state index contributed by atoms with van der Waals surface area (Å²) in [5.41, 5.74) is 3.46. The average molecular weight is 224 g/mol. The monoisotopic (exact) mass is 223 g/mol. The summed E-state index contributed by atoms with van der Waals surface area (Å²) in [6.07, 6.45) is 3.43. The molecule has 1 amide bonds. The fraction of sp³-hybridized carbons (Fsp3) is 0.417. The second kappa shape index (κ2) is 4.67. The van der Waals surface area contributed by atoms with Crippen LogP contribution in [0.5, 0.6) is 0 Å². The van der Waals surface area contributed by atoms with Crippen molar-refractivity contribution in [1.82, 2.24) is 0 Å². The number of alkyl halides is 1. The first-order valence-corrected chi connectivity index (χ1v) is 5.80. The molecule has 0 saturated carbocycles. The van der Waals surface area contributed by atoms with E-state index in [-0.39, 0.29) is 5.91 Å². The molecular weight excluding hydrogens is 210 g/mol. The van der Waals surface area contributed by atoms with Crippen molar-refractivity contribution in [2.75, 3.05) is 11.2 Å². The van der Waals surface area contributed by atoms with Gasteiger partial charge in [0, 0.05) is 18.0 Å². The molecule has 1 aliphatic rings. The van der Waals surface area contributed by atoms with Crippen molar-refractivity contribution >= 4 is 23.2 Å². The summed E-state index contributed by atoms with van der Waals surface area (Å²) in [7, 11) is 0. The molecule has 3 heteroatoms. The number of rotatable bonds is 2. The standard InChI is InChI=1S/C12H14ClNO/c13-7-6-9-4-5-11-10(8-9)2-1-3-12(15)14-11/h4-5,8H,1-3,6-7H2,(H,14,15). The lowest BCUT2D eigenvalue weighted by Gasteiger charge is -2.08. The van der Waals surface area contributed by atoms with Crippen molar-refractivity contribution in [3.8, 4) is 0 Å². The second-order valence-corrected chi connectivity index (χ2v) is 4.21. The van der Waals surface area contributed by atoms with Crippen LogP contribution in [-0.2, 0) is 17.6 Å². The van der Waals surface area contributed by atoms with E-state index in [9.17, 15) is 4.79 Å². The van der Waals surface area contributed by atoms with Gasteiger partial charge in [-0.2, -0.15) is 0 Å². The molecule has 1 aromatic carbocycles. The van der Waals surface area contributed by atoms with Crippen LogP contribution in [0.3, 0.4) is 0 Å². The molecule has 0 radical (unpaired) electrons. The van der Waals surface area contributed by atoms with Crippen LogP contribution in [0.4, 0.5) is 5.69 Å². The third-order valence-electron chi connectivity index (χ3n) is 2.68. The molecule has 2 rings (SSSR count). The van der Waals surface area contributed by atoms with Gasteiger partial charge in [0.05, 0.1) is 0 Å². The fourth-order valence-corrected chi connectivity index (χ4v) is 2.11. The number of halogens is 1. The summed E-state index contributed by atoms with van der Waals surface area (Å²) in [5, 5.41) is 2.92. The maximum atomic E-state index is 11.3. The number of hydrogen-bond donors (Lipinski definition) is 1. The lowest BCUT2D eigenvalue weighted by atomic mass is 10.0. The lowest BCUT2D eigenvalue weighted by molar-refractivity contribution is -0.116. The number of carbonyl (C=O) groups excluding carboxylic acids is 1. The van der Waals surface area contributed by atoms with E-state index in [2.05, 4.69) is 11.4 Å². The van der Waals surface area contributed by atoms with E-state index < -0.39 is 0 Å². The van der Waals surface area contributed by atoms with Gasteiger partial charge in [-0.3, -0.25) is 4.79 Å². The first-order valence-electron chi connectivity index (χ1n) is 5.27. The van der Waals surface area contributed by atoms with Gasteiger partial charge in [-0.25, -0.2) is 0 Å². The summed E-state index contributed by atoms with van der Waals surface area (Å²) in [6.45, 7) is 0. The van der Waals surface area contributed by atoms with Crippen molar-refractivity contribution in [2.24, 2.45) is 0 Å². The lowest BCUT2D eigenvalue weighted by Crippen LogP contribution is -2.09. The molecule has 0 unspecified atom stereocenters. The van der Waals surface area contributed by atoms with Gasteiger partial charge >= 0.3 is 0 Å². The first-order chi connectivity index (χ1) is 7.29. The van der Waals surface area contributed by atoms with Gasteiger partial charge < -0.3 is 5.32 Å². The summed E-state index contributed by atoms with van der Waals surface area (Å²) in [6, 6.07) is 6.18. The van der Waals surface area contributed by atoms with Crippen LogP contribution in [0.1, 0.15) is 24.0 Å². The number of aryl methyl sites for hydroxylation is 2. The van der Waals surface area contributed by atoms with Crippen molar-refractivity contribution in [1.29, 1.82) is 0 Å². The Hall–Kier alpha value is -1.02. The maximum absolute atomic E-state index is 11.3.